The fraction of sp³-hybridized carbons (Fsp3) is 0. The SMILES string of the molecule is O=C(O)c1sc2cccc(S(=O)(=O)O)c2c1Cl. The van der Waals surface area contributed by atoms with Crippen molar-refractivity contribution in [3.63, 3.8) is 0 Å². The Kier molecular flexibility index (Phi) is 2.86. The van der Waals surface area contributed by atoms with Gasteiger partial charge in [0.2, 0.25) is 0 Å². The zero-order valence-corrected chi connectivity index (χ0v) is 10.4. The lowest BCUT2D eigenvalue weighted by Crippen LogP contribution is -1.98. The van der Waals surface area contributed by atoms with Crippen molar-refractivity contribution < 1.29 is 22.9 Å². The average Bonchev–Trinajstić information content (AvgIpc) is 2.55. The van der Waals surface area contributed by atoms with Crippen LogP contribution in [0.1, 0.15) is 9.67 Å². The van der Waals surface area contributed by atoms with Gasteiger partial charge in [-0.2, -0.15) is 8.42 Å². The lowest BCUT2D eigenvalue weighted by molar-refractivity contribution is 0.0702. The van der Waals surface area contributed by atoms with Crippen LogP contribution in [0.2, 0.25) is 5.02 Å². The van der Waals surface area contributed by atoms with Gasteiger partial charge in [0.15, 0.2) is 0 Å². The van der Waals surface area contributed by atoms with E-state index in [-0.39, 0.29) is 20.2 Å². The van der Waals surface area contributed by atoms with Gasteiger partial charge in [-0.25, -0.2) is 4.79 Å². The minimum atomic E-state index is -4.43. The second-order valence-corrected chi connectivity index (χ2v) is 5.97. The van der Waals surface area contributed by atoms with Gasteiger partial charge >= 0.3 is 5.97 Å². The highest BCUT2D eigenvalue weighted by molar-refractivity contribution is 7.86. The molecule has 0 spiro atoms. The molecule has 0 amide bonds. The third-order valence-corrected chi connectivity index (χ3v) is 4.62. The molecule has 8 heteroatoms. The van der Waals surface area contributed by atoms with Crippen LogP contribution in [-0.2, 0) is 10.1 Å². The van der Waals surface area contributed by atoms with Crippen molar-refractivity contribution in [3.05, 3.63) is 28.1 Å². The largest absolute Gasteiger partial charge is 0.477 e. The first-order valence-electron chi connectivity index (χ1n) is 4.24. The standard InChI is InChI=1S/C9H5ClO5S2/c10-7-6-4(16-8(7)9(11)12)2-1-3-5(6)17(13,14)15/h1-3H,(H,11,12)(H,13,14,15). The maximum Gasteiger partial charge on any atom is 0.347 e. The summed E-state index contributed by atoms with van der Waals surface area (Å²) in [7, 11) is -4.43. The van der Waals surface area contributed by atoms with Gasteiger partial charge in [-0.05, 0) is 12.1 Å². The summed E-state index contributed by atoms with van der Waals surface area (Å²) in [5.74, 6) is -1.24. The van der Waals surface area contributed by atoms with E-state index in [0.717, 1.165) is 11.3 Å². The van der Waals surface area contributed by atoms with E-state index in [1.54, 1.807) is 0 Å². The fourth-order valence-corrected chi connectivity index (χ4v) is 3.69. The average molecular weight is 293 g/mol. The van der Waals surface area contributed by atoms with E-state index in [4.69, 9.17) is 21.3 Å². The summed E-state index contributed by atoms with van der Waals surface area (Å²) in [4.78, 5) is 10.3. The highest BCUT2D eigenvalue weighted by Crippen LogP contribution is 2.38. The molecule has 17 heavy (non-hydrogen) atoms. The molecular weight excluding hydrogens is 288 g/mol. The van der Waals surface area contributed by atoms with Crippen molar-refractivity contribution in [1.82, 2.24) is 0 Å². The molecule has 0 saturated carbocycles. The summed E-state index contributed by atoms with van der Waals surface area (Å²) >= 11 is 6.67. The Bertz CT molecular complexity index is 716. The molecule has 0 atom stereocenters. The van der Waals surface area contributed by atoms with Gasteiger partial charge in [0.1, 0.15) is 9.77 Å². The third kappa shape index (κ3) is 2.02. The summed E-state index contributed by atoms with van der Waals surface area (Å²) in [6.07, 6.45) is 0. The van der Waals surface area contributed by atoms with E-state index in [0.29, 0.717) is 4.70 Å². The number of thiophene rings is 1. The molecule has 90 valence electrons. The number of hydrogen-bond acceptors (Lipinski definition) is 4. The van der Waals surface area contributed by atoms with Gasteiger partial charge in [-0.3, -0.25) is 4.55 Å². The second-order valence-electron chi connectivity index (χ2n) is 3.15. The molecule has 1 aromatic carbocycles. The molecule has 0 aliphatic carbocycles. The summed E-state index contributed by atoms with van der Waals surface area (Å²) in [6.45, 7) is 0. The second kappa shape index (κ2) is 3.95. The number of aromatic carboxylic acids is 1. The monoisotopic (exact) mass is 292 g/mol. The van der Waals surface area contributed by atoms with Gasteiger partial charge in [-0.1, -0.05) is 17.7 Å². The molecule has 2 aromatic rings. The van der Waals surface area contributed by atoms with E-state index >= 15 is 0 Å². The predicted molar refractivity (Wildman–Crippen MR) is 63.6 cm³/mol. The van der Waals surface area contributed by atoms with Gasteiger partial charge in [0.05, 0.1) is 5.02 Å². The Hall–Kier alpha value is -1.15. The molecule has 2 N–H and O–H groups in total. The molecule has 0 fully saturated rings. The molecule has 0 radical (unpaired) electrons. The van der Waals surface area contributed by atoms with Crippen LogP contribution in [0.25, 0.3) is 10.1 Å². The topological polar surface area (TPSA) is 91.7 Å². The van der Waals surface area contributed by atoms with Crippen LogP contribution in [0.15, 0.2) is 23.1 Å². The summed E-state index contributed by atoms with van der Waals surface area (Å²) < 4.78 is 31.7. The molecular formula is C9H5ClO5S2. The van der Waals surface area contributed by atoms with Crippen LogP contribution in [0.5, 0.6) is 0 Å². The zero-order chi connectivity index (χ0) is 12.8. The van der Waals surface area contributed by atoms with Crippen molar-refractivity contribution in [2.24, 2.45) is 0 Å². The third-order valence-electron chi connectivity index (χ3n) is 2.09. The number of fused-ring (bicyclic) bond motifs is 1. The van der Waals surface area contributed by atoms with E-state index in [9.17, 15) is 13.2 Å². The molecule has 1 aromatic heterocycles. The number of carboxylic acids is 1. The fourth-order valence-electron chi connectivity index (χ4n) is 1.43. The minimum Gasteiger partial charge on any atom is -0.477 e. The normalized spacial score (nSPS) is 11.9. The van der Waals surface area contributed by atoms with Crippen LogP contribution in [-0.4, -0.2) is 24.0 Å². The Labute approximate surface area is 105 Å². The molecule has 0 saturated heterocycles. The summed E-state index contributed by atoms with van der Waals surface area (Å²) in [5, 5.41) is 8.74. The van der Waals surface area contributed by atoms with Crippen molar-refractivity contribution in [3.8, 4) is 0 Å². The lowest BCUT2D eigenvalue weighted by Gasteiger charge is -1.99. The van der Waals surface area contributed by atoms with Gasteiger partial charge < -0.3 is 5.11 Å². The minimum absolute atomic E-state index is 0.0408. The summed E-state index contributed by atoms with van der Waals surface area (Å²) in [5.41, 5.74) is 0. The molecule has 2 rings (SSSR count). The number of rotatable bonds is 2. The lowest BCUT2D eigenvalue weighted by atomic mass is 10.2. The number of halogens is 1. The van der Waals surface area contributed by atoms with Crippen LogP contribution in [0.3, 0.4) is 0 Å². The van der Waals surface area contributed by atoms with E-state index in [2.05, 4.69) is 0 Å². The van der Waals surface area contributed by atoms with Gasteiger partial charge in [0.25, 0.3) is 10.1 Å². The predicted octanol–water partition coefficient (Wildman–Crippen LogP) is 2.50. The van der Waals surface area contributed by atoms with Crippen molar-refractivity contribution >= 4 is 49.1 Å². The molecule has 0 unspecified atom stereocenters. The van der Waals surface area contributed by atoms with Crippen molar-refractivity contribution in [2.75, 3.05) is 0 Å². The maximum atomic E-state index is 11.1. The number of benzene rings is 1. The van der Waals surface area contributed by atoms with Gasteiger partial charge in [-0.15, -0.1) is 11.3 Å². The highest BCUT2D eigenvalue weighted by Gasteiger charge is 2.22. The van der Waals surface area contributed by atoms with E-state index < -0.39 is 16.1 Å². The van der Waals surface area contributed by atoms with Gasteiger partial charge in [0, 0.05) is 10.1 Å². The van der Waals surface area contributed by atoms with E-state index in [1.807, 2.05) is 0 Å². The Morgan fingerprint density at radius 3 is 2.53 bits per heavy atom. The molecule has 1 heterocycles. The van der Waals surface area contributed by atoms with Crippen molar-refractivity contribution in [1.29, 1.82) is 0 Å². The highest BCUT2D eigenvalue weighted by atomic mass is 35.5. The smallest absolute Gasteiger partial charge is 0.347 e. The van der Waals surface area contributed by atoms with Crippen LogP contribution in [0.4, 0.5) is 0 Å². The molecule has 0 bridgehead atoms. The van der Waals surface area contributed by atoms with Crippen LogP contribution >= 0.6 is 22.9 Å². The maximum absolute atomic E-state index is 11.1. The molecule has 0 aliphatic heterocycles. The first kappa shape index (κ1) is 12.3. The number of carbonyl (C=O) groups is 1. The number of hydrogen-bond donors (Lipinski definition) is 2. The first-order chi connectivity index (χ1) is 7.82. The first-order valence-corrected chi connectivity index (χ1v) is 6.87. The Balaban J connectivity index is 2.95. The van der Waals surface area contributed by atoms with Crippen LogP contribution < -0.4 is 0 Å². The quantitative estimate of drug-likeness (QED) is 0.830. The zero-order valence-electron chi connectivity index (χ0n) is 8.05. The van der Waals surface area contributed by atoms with Crippen LogP contribution in [0, 0.1) is 0 Å². The van der Waals surface area contributed by atoms with Crippen molar-refractivity contribution in [2.45, 2.75) is 4.90 Å². The molecule has 5 nitrogen and oxygen atoms in total. The number of carboxylic acid groups (broad SMARTS) is 1. The Morgan fingerprint density at radius 2 is 2.00 bits per heavy atom. The molecule has 0 aliphatic rings. The Morgan fingerprint density at radius 1 is 1.35 bits per heavy atom. The summed E-state index contributed by atoms with van der Waals surface area (Å²) in [6, 6.07) is 4.11. The van der Waals surface area contributed by atoms with E-state index in [1.165, 1.54) is 18.2 Å².